The van der Waals surface area contributed by atoms with Crippen LogP contribution >= 0.6 is 11.6 Å². The maximum Gasteiger partial charge on any atom is 0.249 e. The van der Waals surface area contributed by atoms with Crippen LogP contribution in [0.25, 0.3) is 0 Å². The zero-order valence-electron chi connectivity index (χ0n) is 11.8. The summed E-state index contributed by atoms with van der Waals surface area (Å²) in [5, 5.41) is 5.52. The van der Waals surface area contributed by atoms with Gasteiger partial charge in [-0.1, -0.05) is 24.2 Å². The maximum absolute atomic E-state index is 12.3. The Balaban J connectivity index is 1.92. The summed E-state index contributed by atoms with van der Waals surface area (Å²) in [5.74, 6) is -1.04. The molecule has 0 spiro atoms. The Kier molecular flexibility index (Phi) is 5.16. The van der Waals surface area contributed by atoms with E-state index in [0.29, 0.717) is 23.7 Å². The highest BCUT2D eigenvalue weighted by atomic mass is 35.5. The van der Waals surface area contributed by atoms with Crippen LogP contribution in [0.15, 0.2) is 36.9 Å². The van der Waals surface area contributed by atoms with Crippen molar-refractivity contribution in [2.24, 2.45) is 0 Å². The second kappa shape index (κ2) is 7.09. The first kappa shape index (κ1) is 16.0. The van der Waals surface area contributed by atoms with Crippen LogP contribution in [0.4, 0.5) is 5.69 Å². The van der Waals surface area contributed by atoms with Gasteiger partial charge in [0, 0.05) is 17.3 Å². The molecule has 3 amide bonds. The molecule has 1 aliphatic heterocycles. The highest BCUT2D eigenvalue weighted by Gasteiger charge is 2.33. The first-order chi connectivity index (χ1) is 10.5. The Hall–Kier alpha value is -2.34. The van der Waals surface area contributed by atoms with E-state index in [1.807, 2.05) is 0 Å². The highest BCUT2D eigenvalue weighted by Crippen LogP contribution is 2.24. The molecule has 6 nitrogen and oxygen atoms in total. The average Bonchev–Trinajstić information content (AvgIpc) is 2.86. The summed E-state index contributed by atoms with van der Waals surface area (Å²) in [7, 11) is 0. The minimum Gasteiger partial charge on any atom is -0.344 e. The van der Waals surface area contributed by atoms with Crippen LogP contribution in [-0.4, -0.2) is 36.9 Å². The zero-order valence-corrected chi connectivity index (χ0v) is 12.6. The minimum absolute atomic E-state index is 0.189. The van der Waals surface area contributed by atoms with Gasteiger partial charge >= 0.3 is 0 Å². The lowest BCUT2D eigenvalue weighted by Crippen LogP contribution is -2.45. The van der Waals surface area contributed by atoms with Crippen LogP contribution in [-0.2, 0) is 14.4 Å². The zero-order chi connectivity index (χ0) is 16.1. The predicted octanol–water partition coefficient (Wildman–Crippen LogP) is 0.864. The first-order valence-electron chi connectivity index (χ1n) is 6.78. The van der Waals surface area contributed by atoms with E-state index in [2.05, 4.69) is 17.2 Å². The summed E-state index contributed by atoms with van der Waals surface area (Å²) >= 11 is 5.92. The number of nitrogens with zero attached hydrogens (tertiary/aromatic N) is 1. The average molecular weight is 322 g/mol. The number of anilines is 1. The standard InChI is InChI=1S/C15H16ClN3O3/c1-2-13(20)17-9-14(21)18-12-6-7-19(15(12)22)11-5-3-4-10(16)8-11/h2-5,8,12H,1,6-7,9H2,(H,17,20)(H,18,21). The molecule has 2 rings (SSSR count). The molecular formula is C15H16ClN3O3. The van der Waals surface area contributed by atoms with E-state index in [9.17, 15) is 14.4 Å². The predicted molar refractivity (Wildman–Crippen MR) is 83.6 cm³/mol. The molecule has 0 aliphatic carbocycles. The summed E-state index contributed by atoms with van der Waals surface area (Å²) in [4.78, 5) is 36.6. The van der Waals surface area contributed by atoms with Gasteiger partial charge in [0.25, 0.3) is 0 Å². The summed E-state index contributed by atoms with van der Waals surface area (Å²) in [6.07, 6.45) is 1.58. The van der Waals surface area contributed by atoms with Crippen molar-refractivity contribution in [2.75, 3.05) is 18.0 Å². The number of halogens is 1. The van der Waals surface area contributed by atoms with Crippen molar-refractivity contribution in [3.05, 3.63) is 41.9 Å². The van der Waals surface area contributed by atoms with Crippen LogP contribution in [0.1, 0.15) is 6.42 Å². The third-order valence-electron chi connectivity index (χ3n) is 3.27. The Morgan fingerprint density at radius 1 is 1.45 bits per heavy atom. The monoisotopic (exact) mass is 321 g/mol. The summed E-state index contributed by atoms with van der Waals surface area (Å²) < 4.78 is 0. The maximum atomic E-state index is 12.3. The molecule has 0 radical (unpaired) electrons. The van der Waals surface area contributed by atoms with Crippen molar-refractivity contribution in [1.29, 1.82) is 0 Å². The van der Waals surface area contributed by atoms with E-state index in [-0.39, 0.29) is 12.5 Å². The molecule has 7 heteroatoms. The fourth-order valence-electron chi connectivity index (χ4n) is 2.20. The van der Waals surface area contributed by atoms with Crippen molar-refractivity contribution in [3.8, 4) is 0 Å². The van der Waals surface area contributed by atoms with Gasteiger partial charge in [0.1, 0.15) is 6.04 Å². The first-order valence-corrected chi connectivity index (χ1v) is 7.15. The van der Waals surface area contributed by atoms with Crippen molar-refractivity contribution in [1.82, 2.24) is 10.6 Å². The Labute approximate surface area is 133 Å². The molecule has 0 aromatic heterocycles. The molecule has 1 atom stereocenters. The normalized spacial score (nSPS) is 17.2. The second-order valence-corrected chi connectivity index (χ2v) is 5.24. The SMILES string of the molecule is C=CC(=O)NCC(=O)NC1CCN(c2cccc(Cl)c2)C1=O. The fraction of sp³-hybridized carbons (Fsp3) is 0.267. The largest absolute Gasteiger partial charge is 0.344 e. The molecule has 1 aliphatic rings. The number of hydrogen-bond acceptors (Lipinski definition) is 3. The number of nitrogens with one attached hydrogen (secondary N) is 2. The van der Waals surface area contributed by atoms with Crippen LogP contribution < -0.4 is 15.5 Å². The lowest BCUT2D eigenvalue weighted by molar-refractivity contribution is -0.127. The molecule has 1 aromatic rings. The van der Waals surface area contributed by atoms with Gasteiger partial charge in [-0.3, -0.25) is 14.4 Å². The van der Waals surface area contributed by atoms with Gasteiger partial charge < -0.3 is 15.5 Å². The van der Waals surface area contributed by atoms with Gasteiger partial charge in [-0.25, -0.2) is 0 Å². The summed E-state index contributed by atoms with van der Waals surface area (Å²) in [6, 6.07) is 6.40. The van der Waals surface area contributed by atoms with Crippen LogP contribution in [0.5, 0.6) is 0 Å². The number of rotatable bonds is 5. The molecule has 1 saturated heterocycles. The number of hydrogen-bond donors (Lipinski definition) is 2. The van der Waals surface area contributed by atoms with E-state index >= 15 is 0 Å². The Morgan fingerprint density at radius 2 is 2.23 bits per heavy atom. The Bertz CT molecular complexity index is 618. The summed E-state index contributed by atoms with van der Waals surface area (Å²) in [6.45, 7) is 3.60. The molecule has 0 bridgehead atoms. The lowest BCUT2D eigenvalue weighted by atomic mass is 10.2. The van der Waals surface area contributed by atoms with Crippen LogP contribution in [0.3, 0.4) is 0 Å². The fourth-order valence-corrected chi connectivity index (χ4v) is 2.38. The van der Waals surface area contributed by atoms with Gasteiger partial charge in [-0.15, -0.1) is 0 Å². The quantitative estimate of drug-likeness (QED) is 0.790. The lowest BCUT2D eigenvalue weighted by Gasteiger charge is -2.17. The van der Waals surface area contributed by atoms with Gasteiger partial charge in [0.15, 0.2) is 0 Å². The topological polar surface area (TPSA) is 78.5 Å². The third kappa shape index (κ3) is 3.85. The molecule has 0 saturated carbocycles. The molecule has 22 heavy (non-hydrogen) atoms. The number of carbonyl (C=O) groups is 3. The molecule has 1 fully saturated rings. The van der Waals surface area contributed by atoms with Gasteiger partial charge in [-0.05, 0) is 30.7 Å². The van der Waals surface area contributed by atoms with E-state index in [1.165, 1.54) is 0 Å². The molecule has 2 N–H and O–H groups in total. The van der Waals surface area contributed by atoms with Crippen molar-refractivity contribution < 1.29 is 14.4 Å². The molecule has 1 heterocycles. The number of carbonyl (C=O) groups excluding carboxylic acids is 3. The van der Waals surface area contributed by atoms with Crippen molar-refractivity contribution >= 4 is 35.0 Å². The smallest absolute Gasteiger partial charge is 0.249 e. The van der Waals surface area contributed by atoms with E-state index in [1.54, 1.807) is 29.2 Å². The van der Waals surface area contributed by atoms with Crippen LogP contribution in [0, 0.1) is 0 Å². The van der Waals surface area contributed by atoms with E-state index < -0.39 is 17.9 Å². The van der Waals surface area contributed by atoms with E-state index in [4.69, 9.17) is 11.6 Å². The highest BCUT2D eigenvalue weighted by molar-refractivity contribution is 6.31. The minimum atomic E-state index is -0.591. The van der Waals surface area contributed by atoms with Gasteiger partial charge in [0.2, 0.25) is 17.7 Å². The molecule has 1 unspecified atom stereocenters. The second-order valence-electron chi connectivity index (χ2n) is 4.80. The van der Waals surface area contributed by atoms with E-state index in [0.717, 1.165) is 6.08 Å². The number of amides is 3. The van der Waals surface area contributed by atoms with Crippen molar-refractivity contribution in [2.45, 2.75) is 12.5 Å². The van der Waals surface area contributed by atoms with Crippen molar-refractivity contribution in [3.63, 3.8) is 0 Å². The van der Waals surface area contributed by atoms with Gasteiger partial charge in [0.05, 0.1) is 6.54 Å². The Morgan fingerprint density at radius 3 is 2.91 bits per heavy atom. The summed E-state index contributed by atoms with van der Waals surface area (Å²) in [5.41, 5.74) is 0.703. The number of benzene rings is 1. The molecule has 116 valence electrons. The third-order valence-corrected chi connectivity index (χ3v) is 3.50. The molecular weight excluding hydrogens is 306 g/mol. The van der Waals surface area contributed by atoms with Gasteiger partial charge in [-0.2, -0.15) is 0 Å². The van der Waals surface area contributed by atoms with Crippen LogP contribution in [0.2, 0.25) is 5.02 Å². The molecule has 1 aromatic carbocycles.